The zero-order valence-electron chi connectivity index (χ0n) is 25.0. The fraction of sp³-hybridized carbons (Fsp3) is 0.229. The van der Waals surface area contributed by atoms with Crippen LogP contribution in [-0.4, -0.2) is 41.5 Å². The Morgan fingerprint density at radius 3 is 1.53 bits per heavy atom. The highest BCUT2D eigenvalue weighted by atomic mass is 16.5. The first-order chi connectivity index (χ1) is 21.0. The van der Waals surface area contributed by atoms with Gasteiger partial charge < -0.3 is 33.9 Å². The van der Waals surface area contributed by atoms with E-state index in [1.165, 1.54) is 7.11 Å². The van der Waals surface area contributed by atoms with Crippen molar-refractivity contribution in [2.75, 3.05) is 45.8 Å². The SMILES string of the molecule is COC(=O)C1=C(Nc2ccc(OC)cc2)C[C@H](c2ccc(OC)cc2)N(c2ccc(OC)cc2)[C@H]1c1ccc(OC)cc1. The van der Waals surface area contributed by atoms with Crippen LogP contribution in [0.4, 0.5) is 11.4 Å². The Balaban J connectivity index is 1.75. The molecule has 4 aromatic carbocycles. The van der Waals surface area contributed by atoms with Gasteiger partial charge in [0.1, 0.15) is 23.0 Å². The quantitative estimate of drug-likeness (QED) is 0.202. The Hall–Kier alpha value is -5.11. The van der Waals surface area contributed by atoms with Gasteiger partial charge in [0, 0.05) is 23.5 Å². The van der Waals surface area contributed by atoms with Gasteiger partial charge in [0.2, 0.25) is 0 Å². The number of esters is 1. The van der Waals surface area contributed by atoms with Crippen LogP contribution < -0.4 is 29.2 Å². The Bertz CT molecular complexity index is 1550. The van der Waals surface area contributed by atoms with Crippen molar-refractivity contribution in [2.24, 2.45) is 0 Å². The highest BCUT2D eigenvalue weighted by molar-refractivity contribution is 5.93. The number of hydrogen-bond donors (Lipinski definition) is 1. The van der Waals surface area contributed by atoms with Crippen LogP contribution in [0.15, 0.2) is 108 Å². The van der Waals surface area contributed by atoms with E-state index in [1.54, 1.807) is 28.4 Å². The molecule has 0 amide bonds. The summed E-state index contributed by atoms with van der Waals surface area (Å²) in [6.45, 7) is 0. The number of methoxy groups -OCH3 is 5. The second-order valence-corrected chi connectivity index (χ2v) is 10.0. The molecule has 0 fully saturated rings. The third-order valence-electron chi connectivity index (χ3n) is 7.70. The van der Waals surface area contributed by atoms with Gasteiger partial charge >= 0.3 is 5.97 Å². The number of rotatable bonds is 10. The van der Waals surface area contributed by atoms with Crippen LogP contribution in [-0.2, 0) is 9.53 Å². The molecule has 2 atom stereocenters. The Labute approximate surface area is 252 Å². The molecule has 0 bridgehead atoms. The van der Waals surface area contributed by atoms with Crippen molar-refractivity contribution in [3.05, 3.63) is 119 Å². The second-order valence-electron chi connectivity index (χ2n) is 10.0. The van der Waals surface area contributed by atoms with Gasteiger partial charge in [0.15, 0.2) is 0 Å². The molecule has 1 aliphatic rings. The molecule has 0 radical (unpaired) electrons. The predicted molar refractivity (Wildman–Crippen MR) is 167 cm³/mol. The number of nitrogens with zero attached hydrogens (tertiary/aromatic N) is 1. The van der Waals surface area contributed by atoms with Crippen molar-refractivity contribution in [1.29, 1.82) is 0 Å². The van der Waals surface area contributed by atoms with E-state index in [0.29, 0.717) is 12.0 Å². The van der Waals surface area contributed by atoms with Crippen LogP contribution in [0.1, 0.15) is 29.6 Å². The molecule has 5 rings (SSSR count). The molecule has 8 heteroatoms. The molecule has 0 aliphatic carbocycles. The smallest absolute Gasteiger partial charge is 0.337 e. The van der Waals surface area contributed by atoms with Gasteiger partial charge in [-0.15, -0.1) is 0 Å². The highest BCUT2D eigenvalue weighted by Gasteiger charge is 2.41. The van der Waals surface area contributed by atoms with E-state index in [0.717, 1.165) is 51.2 Å². The third kappa shape index (κ3) is 6.23. The molecule has 1 heterocycles. The van der Waals surface area contributed by atoms with Crippen LogP contribution in [0.3, 0.4) is 0 Å². The van der Waals surface area contributed by atoms with E-state index in [-0.39, 0.29) is 6.04 Å². The fourth-order valence-corrected chi connectivity index (χ4v) is 5.50. The van der Waals surface area contributed by atoms with Crippen LogP contribution in [0.2, 0.25) is 0 Å². The molecular formula is C35H36N2O6. The largest absolute Gasteiger partial charge is 0.497 e. The fourth-order valence-electron chi connectivity index (χ4n) is 5.50. The monoisotopic (exact) mass is 580 g/mol. The summed E-state index contributed by atoms with van der Waals surface area (Å²) in [5.41, 5.74) is 5.01. The lowest BCUT2D eigenvalue weighted by Gasteiger charge is -2.46. The van der Waals surface area contributed by atoms with E-state index in [2.05, 4.69) is 22.3 Å². The van der Waals surface area contributed by atoms with Crippen LogP contribution in [0.5, 0.6) is 23.0 Å². The standard InChI is InChI=1S/C35H36N2O6/c1-39-27-14-6-23(7-15-27)32-22-31(36-25-10-18-29(41-3)19-11-25)33(35(38)43-5)34(24-8-16-28(40-2)17-9-24)37(32)26-12-20-30(42-4)21-13-26/h6-21,32,34,36H,22H2,1-5H3/t32-,34+/m1/s1. The summed E-state index contributed by atoms with van der Waals surface area (Å²) in [6.07, 6.45) is 0.501. The van der Waals surface area contributed by atoms with Gasteiger partial charge in [-0.25, -0.2) is 4.79 Å². The Morgan fingerprint density at radius 1 is 0.628 bits per heavy atom. The van der Waals surface area contributed by atoms with E-state index in [9.17, 15) is 4.79 Å². The summed E-state index contributed by atoms with van der Waals surface area (Å²) in [5, 5.41) is 3.56. The number of carbonyl (C=O) groups is 1. The molecule has 0 saturated carbocycles. The summed E-state index contributed by atoms with van der Waals surface area (Å²) in [7, 11) is 7.98. The van der Waals surface area contributed by atoms with E-state index in [1.807, 2.05) is 84.9 Å². The molecule has 1 aliphatic heterocycles. The number of carbonyl (C=O) groups excluding carboxylic acids is 1. The van der Waals surface area contributed by atoms with Crippen molar-refractivity contribution in [1.82, 2.24) is 0 Å². The minimum atomic E-state index is -0.506. The molecular weight excluding hydrogens is 544 g/mol. The maximum atomic E-state index is 13.8. The van der Waals surface area contributed by atoms with Gasteiger partial charge in [-0.3, -0.25) is 0 Å². The first-order valence-electron chi connectivity index (χ1n) is 13.9. The molecule has 222 valence electrons. The minimum absolute atomic E-state index is 0.166. The van der Waals surface area contributed by atoms with Gasteiger partial charge in [-0.2, -0.15) is 0 Å². The Morgan fingerprint density at radius 2 is 1.07 bits per heavy atom. The lowest BCUT2D eigenvalue weighted by atomic mass is 9.84. The number of benzene rings is 4. The highest BCUT2D eigenvalue weighted by Crippen LogP contribution is 2.48. The first kappa shape index (κ1) is 29.4. The summed E-state index contributed by atoms with van der Waals surface area (Å²) < 4.78 is 27.2. The van der Waals surface area contributed by atoms with Crippen molar-refractivity contribution < 1.29 is 28.5 Å². The van der Waals surface area contributed by atoms with Crippen LogP contribution in [0, 0.1) is 0 Å². The molecule has 0 unspecified atom stereocenters. The maximum absolute atomic E-state index is 13.8. The lowest BCUT2D eigenvalue weighted by molar-refractivity contribution is -0.136. The summed E-state index contributed by atoms with van der Waals surface area (Å²) in [6, 6.07) is 30.7. The lowest BCUT2D eigenvalue weighted by Crippen LogP contribution is -2.41. The zero-order chi connectivity index (χ0) is 30.3. The van der Waals surface area contributed by atoms with Gasteiger partial charge in [0.25, 0.3) is 0 Å². The van der Waals surface area contributed by atoms with E-state index >= 15 is 0 Å². The van der Waals surface area contributed by atoms with Crippen molar-refractivity contribution in [3.8, 4) is 23.0 Å². The molecule has 43 heavy (non-hydrogen) atoms. The average molecular weight is 581 g/mol. The normalized spacial score (nSPS) is 16.3. The van der Waals surface area contributed by atoms with Gasteiger partial charge in [-0.05, 0) is 83.9 Å². The summed E-state index contributed by atoms with van der Waals surface area (Å²) >= 11 is 0. The van der Waals surface area contributed by atoms with Crippen LogP contribution >= 0.6 is 0 Å². The zero-order valence-corrected chi connectivity index (χ0v) is 25.0. The van der Waals surface area contributed by atoms with Gasteiger partial charge in [-0.1, -0.05) is 24.3 Å². The van der Waals surface area contributed by atoms with Gasteiger partial charge in [0.05, 0.1) is 53.2 Å². The Kier molecular flexibility index (Phi) is 9.05. The molecule has 0 spiro atoms. The molecule has 4 aromatic rings. The molecule has 0 aromatic heterocycles. The van der Waals surface area contributed by atoms with Crippen molar-refractivity contribution >= 4 is 17.3 Å². The minimum Gasteiger partial charge on any atom is -0.497 e. The predicted octanol–water partition coefficient (Wildman–Crippen LogP) is 6.95. The average Bonchev–Trinajstić information content (AvgIpc) is 3.08. The maximum Gasteiger partial charge on any atom is 0.337 e. The van der Waals surface area contributed by atoms with E-state index in [4.69, 9.17) is 23.7 Å². The number of ether oxygens (including phenoxy) is 5. The first-order valence-corrected chi connectivity index (χ1v) is 13.9. The summed E-state index contributed by atoms with van der Waals surface area (Å²) in [4.78, 5) is 16.0. The topological polar surface area (TPSA) is 78.5 Å². The number of hydrogen-bond acceptors (Lipinski definition) is 8. The number of anilines is 2. The summed E-state index contributed by atoms with van der Waals surface area (Å²) in [5.74, 6) is 2.57. The van der Waals surface area contributed by atoms with E-state index < -0.39 is 12.0 Å². The second kappa shape index (κ2) is 13.2. The number of nitrogens with one attached hydrogen (secondary N) is 1. The van der Waals surface area contributed by atoms with Crippen molar-refractivity contribution in [3.63, 3.8) is 0 Å². The molecule has 0 saturated heterocycles. The third-order valence-corrected chi connectivity index (χ3v) is 7.70. The van der Waals surface area contributed by atoms with Crippen molar-refractivity contribution in [2.45, 2.75) is 18.5 Å². The molecule has 8 nitrogen and oxygen atoms in total. The van der Waals surface area contributed by atoms with Crippen LogP contribution in [0.25, 0.3) is 0 Å². The molecule has 1 N–H and O–H groups in total.